The van der Waals surface area contributed by atoms with Gasteiger partial charge in [0, 0.05) is 74.6 Å². The van der Waals surface area contributed by atoms with Crippen LogP contribution in [0.5, 0.6) is 0 Å². The average molecular weight is 1650 g/mol. The van der Waals surface area contributed by atoms with Crippen molar-refractivity contribution in [2.45, 2.75) is 166 Å². The van der Waals surface area contributed by atoms with E-state index < -0.39 is 136 Å². The van der Waals surface area contributed by atoms with Gasteiger partial charge in [0.15, 0.2) is 0 Å². The fraction of sp³-hybridized carbons (Fsp3) is 0.548. The van der Waals surface area contributed by atoms with Crippen LogP contribution in [0.1, 0.15) is 151 Å². The second kappa shape index (κ2) is 52.3. The van der Waals surface area contributed by atoms with E-state index in [0.29, 0.717) is 45.1 Å². The first-order valence-electron chi connectivity index (χ1n) is 36.0. The van der Waals surface area contributed by atoms with Crippen LogP contribution in [0, 0.1) is 9.49 Å². The second-order valence-corrected chi connectivity index (χ2v) is 28.5. The number of carbonyl (C=O) groups is 13. The van der Waals surface area contributed by atoms with Crippen molar-refractivity contribution in [2.75, 3.05) is 90.2 Å². The van der Waals surface area contributed by atoms with Gasteiger partial charge in [-0.3, -0.25) is 52.5 Å². The van der Waals surface area contributed by atoms with Gasteiger partial charge in [-0.1, -0.05) is 73.2 Å². The normalized spacial score (nSPS) is 13.9. The van der Waals surface area contributed by atoms with Gasteiger partial charge in [-0.25, -0.2) is 14.4 Å². The highest BCUT2D eigenvalue weighted by atomic mass is 127. The van der Waals surface area contributed by atoms with E-state index in [-0.39, 0.29) is 154 Å². The Morgan fingerprint density at radius 2 is 0.935 bits per heavy atom. The molecule has 0 saturated heterocycles. The molecule has 3 aromatic rings. The highest BCUT2D eigenvalue weighted by molar-refractivity contribution is 14.1. The number of aliphatic carboxylic acids is 5. The maximum absolute atomic E-state index is 13.7. The van der Waals surface area contributed by atoms with Gasteiger partial charge in [-0.15, -0.1) is 0 Å². The Balaban J connectivity index is 1.12. The van der Waals surface area contributed by atoms with Crippen molar-refractivity contribution in [3.8, 4) is 0 Å². The van der Waals surface area contributed by atoms with Crippen molar-refractivity contribution in [3.63, 3.8) is 0 Å². The summed E-state index contributed by atoms with van der Waals surface area (Å²) in [6, 6.07) is 17.7. The monoisotopic (exact) mass is 1650 g/mol. The lowest BCUT2D eigenvalue weighted by Crippen LogP contribution is -2.52. The molecule has 0 bridgehead atoms. The number of nitrogens with zero attached hydrogens (tertiary/aromatic N) is 1. The summed E-state index contributed by atoms with van der Waals surface area (Å²) >= 11 is 2.22. The van der Waals surface area contributed by atoms with Crippen LogP contribution in [-0.2, 0) is 103 Å². The van der Waals surface area contributed by atoms with Crippen LogP contribution in [0.25, 0.3) is 12.2 Å². The summed E-state index contributed by atoms with van der Waals surface area (Å²) in [5, 5.41) is 65.4. The third kappa shape index (κ3) is 39.9. The molecule has 0 aromatic heterocycles. The number of para-hydroxylation sites is 1. The van der Waals surface area contributed by atoms with E-state index in [2.05, 4.69) is 59.8 Å². The molecule has 4 rings (SSSR count). The number of anilines is 1. The quantitative estimate of drug-likeness (QED) is 0.0202. The van der Waals surface area contributed by atoms with Gasteiger partial charge < -0.3 is 96.0 Å². The summed E-state index contributed by atoms with van der Waals surface area (Å²) < 4.78 is 40.6. The number of unbranched alkanes of at least 4 members (excludes halogenated alkanes) is 3. The Morgan fingerprint density at radius 1 is 0.435 bits per heavy atom. The lowest BCUT2D eigenvalue weighted by molar-refractivity contribution is -0.143. The molecule has 13 N–H and O–H groups in total. The molecule has 0 aliphatic carbocycles. The Hall–Kier alpha value is -8.77. The molecule has 0 radical (unpaired) electrons. The first-order valence-corrected chi connectivity index (χ1v) is 38.8. The number of halogens is 1. The van der Waals surface area contributed by atoms with Crippen molar-refractivity contribution in [2.24, 2.45) is 5.92 Å². The summed E-state index contributed by atoms with van der Waals surface area (Å²) in [6.45, 7) is 1.90. The maximum atomic E-state index is 13.7. The second-order valence-electron chi connectivity index (χ2n) is 25.4. The molecular weight excluding hydrogens is 1550 g/mol. The molecule has 35 heteroatoms. The summed E-state index contributed by atoms with van der Waals surface area (Å²) in [5.74, 6) is -12.8. The lowest BCUT2D eigenvalue weighted by atomic mass is 10.0. The molecule has 0 fully saturated rings. The number of rotatable bonds is 58. The average Bonchev–Trinajstić information content (AvgIpc) is 0.804. The molecule has 596 valence electrons. The predicted octanol–water partition coefficient (Wildman–Crippen LogP) is 4.95. The van der Waals surface area contributed by atoms with E-state index >= 15 is 0 Å². The van der Waals surface area contributed by atoms with Gasteiger partial charge in [0.05, 0.1) is 83.8 Å². The third-order valence-corrected chi connectivity index (χ3v) is 19.0. The molecule has 108 heavy (non-hydrogen) atoms. The van der Waals surface area contributed by atoms with Crippen LogP contribution < -0.4 is 42.1 Å². The third-order valence-electron chi connectivity index (χ3n) is 16.8. The molecule has 1 heterocycles. The van der Waals surface area contributed by atoms with Crippen molar-refractivity contribution in [1.82, 2.24) is 37.2 Å². The SMILES string of the molecule is O=C(O)CC[C@H](CP(=O)(O)OCCC[C@H](NC(=O)CC[C@@H](NC(=O)CCCCCNC(=O)CCC(NC(=O)CCOCCOCCOCCOCCNC(=O)CCC(=O)N1Cc2ccccc2/C=C\c2ccccc21)C(=O)NC(CCCCNC(=O)CCCc1ccc(I)cc1)C(=O)O)C(=O)O)C(=O)O)C(=O)O. The zero-order chi connectivity index (χ0) is 79.1. The largest absolute Gasteiger partial charge is 0.481 e. The number of fused-ring (bicyclic) bond motifs is 2. The lowest BCUT2D eigenvalue weighted by Gasteiger charge is -2.27. The fourth-order valence-corrected chi connectivity index (χ4v) is 12.7. The van der Waals surface area contributed by atoms with Gasteiger partial charge in [0.2, 0.25) is 47.3 Å². The number of hydrogen-bond donors (Lipinski definition) is 13. The zero-order valence-corrected chi connectivity index (χ0v) is 63.5. The number of benzene rings is 3. The number of nitrogens with one attached hydrogen (secondary N) is 7. The molecule has 6 atom stereocenters. The van der Waals surface area contributed by atoms with Crippen molar-refractivity contribution >= 4 is 125 Å². The van der Waals surface area contributed by atoms with Crippen molar-refractivity contribution in [1.29, 1.82) is 0 Å². The molecular formula is C73H102IN8O25P. The molecule has 0 saturated carbocycles. The van der Waals surface area contributed by atoms with Crippen LogP contribution in [0.15, 0.2) is 72.8 Å². The fourth-order valence-electron chi connectivity index (χ4n) is 10.9. The van der Waals surface area contributed by atoms with Crippen molar-refractivity contribution in [3.05, 3.63) is 98.6 Å². The first-order chi connectivity index (χ1) is 51.7. The van der Waals surface area contributed by atoms with E-state index in [4.69, 9.17) is 28.6 Å². The number of carbonyl (C=O) groups excluding carboxylic acids is 8. The predicted molar refractivity (Wildman–Crippen MR) is 401 cm³/mol. The van der Waals surface area contributed by atoms with Crippen LogP contribution in [-0.4, -0.2) is 217 Å². The molecule has 3 unspecified atom stereocenters. The Morgan fingerprint density at radius 3 is 1.58 bits per heavy atom. The molecule has 1 aliphatic rings. The number of carboxylic acid groups (broad SMARTS) is 5. The summed E-state index contributed by atoms with van der Waals surface area (Å²) in [6.07, 6.45) is 3.18. The topological polar surface area (TPSA) is 494 Å². The van der Waals surface area contributed by atoms with Gasteiger partial charge in [0.1, 0.15) is 24.2 Å². The van der Waals surface area contributed by atoms with Gasteiger partial charge in [-0.2, -0.15) is 0 Å². The molecule has 3 aromatic carbocycles. The smallest absolute Gasteiger partial charge is 0.328 e. The number of carboxylic acids is 5. The number of aryl methyl sites for hydroxylation is 1. The Kier molecular flexibility index (Phi) is 44.4. The van der Waals surface area contributed by atoms with E-state index in [9.17, 15) is 92.2 Å². The van der Waals surface area contributed by atoms with E-state index in [1.54, 1.807) is 4.90 Å². The molecule has 33 nitrogen and oxygen atoms in total. The number of hydrogen-bond acceptors (Lipinski definition) is 19. The van der Waals surface area contributed by atoms with Crippen LogP contribution >= 0.6 is 30.2 Å². The minimum absolute atomic E-state index is 0.00711. The number of ether oxygens (including phenoxy) is 4. The standard InChI is InChI=1S/C73H102IN8O25P/c74-55-26-21-50(22-27-55)12-10-20-61(83)75-37-9-7-16-58(72(97)98)81-69(92)56(28-30-62(84)76-36-8-1-2-19-64(86)80-59(73(99)100)29-31-65(87)79-57(71(95)96)17-11-39-107-108(101,102)49-54(70(93)94)25-34-68(90)91)78-66(88)35-40-103-42-44-105-46-47-106-45-43-104-41-38-77-63(85)32-33-67(89)82-48-53-15-4-3-13-51(53)23-24-52-14-5-6-18-60(52)82/h3-6,13-15,18,21-24,26-27,54,56-59H,1-2,7-12,16-17,19-20,25,28-49H2,(H,75,83)(H,76,84)(H,77,85)(H,78,88)(H,79,87)(H,80,86)(H,81,92)(H,90,91)(H,93,94)(H,95,96)(H,97,98)(H,99,100)(H,101,102)/b24-23-/t54-,56?,57+,58?,59-/m1/s1. The van der Waals surface area contributed by atoms with E-state index in [1.165, 1.54) is 0 Å². The first kappa shape index (κ1) is 91.6. The maximum Gasteiger partial charge on any atom is 0.328 e. The molecule has 1 aliphatic heterocycles. The zero-order valence-electron chi connectivity index (χ0n) is 60.4. The summed E-state index contributed by atoms with van der Waals surface area (Å²) in [7, 11) is -4.55. The van der Waals surface area contributed by atoms with Crippen LogP contribution in [0.2, 0.25) is 0 Å². The van der Waals surface area contributed by atoms with Gasteiger partial charge >= 0.3 is 37.4 Å². The number of amides is 8. The Bertz CT molecular complexity index is 3490. The van der Waals surface area contributed by atoms with Gasteiger partial charge in [0.25, 0.3) is 0 Å². The van der Waals surface area contributed by atoms with Gasteiger partial charge in [-0.05, 0) is 140 Å². The van der Waals surface area contributed by atoms with Crippen LogP contribution in [0.4, 0.5) is 5.69 Å². The molecule has 0 spiro atoms. The van der Waals surface area contributed by atoms with E-state index in [1.807, 2.05) is 84.9 Å². The minimum atomic E-state index is -4.55. The molecule has 8 amide bonds. The van der Waals surface area contributed by atoms with E-state index in [0.717, 1.165) is 37.9 Å². The highest BCUT2D eigenvalue weighted by Crippen LogP contribution is 2.45. The minimum Gasteiger partial charge on any atom is -0.481 e. The highest BCUT2D eigenvalue weighted by Gasteiger charge is 2.32. The summed E-state index contributed by atoms with van der Waals surface area (Å²) in [4.78, 5) is 174. The van der Waals surface area contributed by atoms with Crippen LogP contribution in [0.3, 0.4) is 0 Å². The summed E-state index contributed by atoms with van der Waals surface area (Å²) in [5.41, 5.74) is 4.82. The van der Waals surface area contributed by atoms with Crippen molar-refractivity contribution < 1.29 is 121 Å². The Labute approximate surface area is 640 Å².